The Balaban J connectivity index is 2.41. The van der Waals surface area contributed by atoms with Crippen molar-refractivity contribution in [1.29, 1.82) is 5.26 Å². The molecule has 0 unspecified atom stereocenters. The number of benzene rings is 2. The van der Waals surface area contributed by atoms with Crippen molar-refractivity contribution in [2.24, 2.45) is 0 Å². The van der Waals surface area contributed by atoms with Crippen molar-refractivity contribution in [3.05, 3.63) is 53.6 Å². The van der Waals surface area contributed by atoms with Crippen LogP contribution in [-0.2, 0) is 16.3 Å². The predicted molar refractivity (Wildman–Crippen MR) is 81.6 cm³/mol. The number of hydrogen-bond donors (Lipinski definition) is 0. The molecule has 0 saturated heterocycles. The van der Waals surface area contributed by atoms with Crippen LogP contribution in [0.4, 0.5) is 13.2 Å². The summed E-state index contributed by atoms with van der Waals surface area (Å²) in [6.07, 6.45) is -4.68. The van der Waals surface area contributed by atoms with Crippen molar-refractivity contribution in [2.45, 2.75) is 18.0 Å². The molecule has 5 nitrogen and oxygen atoms in total. The third-order valence-corrected chi connectivity index (χ3v) is 4.25. The molecule has 2 aromatic rings. The first-order chi connectivity index (χ1) is 11.7. The molecule has 132 valence electrons. The lowest BCUT2D eigenvalue weighted by molar-refractivity contribution is -0.137. The highest BCUT2D eigenvalue weighted by Crippen LogP contribution is 2.33. The lowest BCUT2D eigenvalue weighted by atomic mass is 10.2. The molecule has 0 aliphatic rings. The van der Waals surface area contributed by atoms with Gasteiger partial charge in [0.05, 0.1) is 23.8 Å². The molecule has 0 saturated carbocycles. The van der Waals surface area contributed by atoms with Crippen LogP contribution in [0.25, 0.3) is 0 Å². The van der Waals surface area contributed by atoms with Crippen LogP contribution < -0.4 is 8.92 Å². The average molecular weight is 371 g/mol. The van der Waals surface area contributed by atoms with E-state index in [1.165, 1.54) is 18.2 Å². The molecule has 0 amide bonds. The van der Waals surface area contributed by atoms with E-state index >= 15 is 0 Å². The number of halogens is 3. The molecule has 0 spiro atoms. The predicted octanol–water partition coefficient (Wildman–Crippen LogP) is 3.74. The Labute approximate surface area is 142 Å². The van der Waals surface area contributed by atoms with E-state index in [0.29, 0.717) is 6.07 Å². The number of ether oxygens (including phenoxy) is 1. The summed E-state index contributed by atoms with van der Waals surface area (Å²) in [5.41, 5.74) is -0.894. The van der Waals surface area contributed by atoms with E-state index < -0.39 is 26.8 Å². The van der Waals surface area contributed by atoms with Crippen molar-refractivity contribution < 1.29 is 30.5 Å². The fourth-order valence-electron chi connectivity index (χ4n) is 1.91. The summed E-state index contributed by atoms with van der Waals surface area (Å²) in [6, 6.07) is 8.86. The average Bonchev–Trinajstić information content (AvgIpc) is 2.56. The fraction of sp³-hybridized carbons (Fsp3) is 0.188. The summed E-state index contributed by atoms with van der Waals surface area (Å²) in [5, 5.41) is 8.87. The molecule has 0 radical (unpaired) electrons. The van der Waals surface area contributed by atoms with E-state index in [1.54, 1.807) is 6.92 Å². The van der Waals surface area contributed by atoms with Crippen LogP contribution >= 0.6 is 0 Å². The Kier molecular flexibility index (Phi) is 5.23. The number of alkyl halides is 3. The van der Waals surface area contributed by atoms with Gasteiger partial charge in [0.1, 0.15) is 4.90 Å². The minimum atomic E-state index is -4.68. The molecule has 0 bridgehead atoms. The molecule has 0 aliphatic heterocycles. The summed E-state index contributed by atoms with van der Waals surface area (Å²) in [6.45, 7) is 1.82. The standard InChI is InChI=1S/C16H12F3NO4S/c1-2-23-15-8-11(10-20)6-7-14(15)24-25(21,22)13-5-3-4-12(9-13)16(17,18)19/h3-9H,2H2,1H3. The molecule has 9 heteroatoms. The van der Waals surface area contributed by atoms with Gasteiger partial charge in [-0.3, -0.25) is 0 Å². The monoisotopic (exact) mass is 371 g/mol. The summed E-state index contributed by atoms with van der Waals surface area (Å²) in [4.78, 5) is -0.644. The molecule has 0 heterocycles. The zero-order valence-corrected chi connectivity index (χ0v) is 13.7. The van der Waals surface area contributed by atoms with Gasteiger partial charge < -0.3 is 8.92 Å². The molecule has 2 rings (SSSR count). The minimum Gasteiger partial charge on any atom is -0.490 e. The van der Waals surface area contributed by atoms with Crippen molar-refractivity contribution >= 4 is 10.1 Å². The Bertz CT molecular complexity index is 918. The van der Waals surface area contributed by atoms with Crippen molar-refractivity contribution in [3.63, 3.8) is 0 Å². The summed E-state index contributed by atoms with van der Waals surface area (Å²) >= 11 is 0. The molecule has 0 aliphatic carbocycles. The van der Waals surface area contributed by atoms with Crippen LogP contribution in [0, 0.1) is 11.3 Å². The van der Waals surface area contributed by atoms with Crippen LogP contribution in [0.5, 0.6) is 11.5 Å². The second-order valence-electron chi connectivity index (χ2n) is 4.77. The van der Waals surface area contributed by atoms with Gasteiger partial charge in [-0.15, -0.1) is 0 Å². The zero-order valence-electron chi connectivity index (χ0n) is 12.9. The topological polar surface area (TPSA) is 76.4 Å². The number of nitrogens with zero attached hydrogens (tertiary/aromatic N) is 1. The van der Waals surface area contributed by atoms with Crippen LogP contribution in [0.2, 0.25) is 0 Å². The first-order valence-electron chi connectivity index (χ1n) is 6.96. The third kappa shape index (κ3) is 4.42. The normalized spacial score (nSPS) is 11.6. The van der Waals surface area contributed by atoms with Gasteiger partial charge in [-0.2, -0.15) is 26.9 Å². The van der Waals surface area contributed by atoms with Gasteiger partial charge >= 0.3 is 16.3 Å². The lowest BCUT2D eigenvalue weighted by Gasteiger charge is -2.13. The summed E-state index contributed by atoms with van der Waals surface area (Å²) < 4.78 is 72.9. The fourth-order valence-corrected chi connectivity index (χ4v) is 2.90. The van der Waals surface area contributed by atoms with E-state index in [2.05, 4.69) is 0 Å². The van der Waals surface area contributed by atoms with Crippen molar-refractivity contribution in [2.75, 3.05) is 6.61 Å². The first-order valence-corrected chi connectivity index (χ1v) is 8.37. The molecule has 25 heavy (non-hydrogen) atoms. The lowest BCUT2D eigenvalue weighted by Crippen LogP contribution is -2.13. The molecule has 0 N–H and O–H groups in total. The smallest absolute Gasteiger partial charge is 0.416 e. The van der Waals surface area contributed by atoms with Crippen LogP contribution in [-0.4, -0.2) is 15.0 Å². The molecular formula is C16H12F3NO4S. The van der Waals surface area contributed by atoms with Crippen LogP contribution in [0.1, 0.15) is 18.1 Å². The van der Waals surface area contributed by atoms with Gasteiger partial charge in [0.25, 0.3) is 0 Å². The van der Waals surface area contributed by atoms with E-state index in [-0.39, 0.29) is 23.7 Å². The summed E-state index contributed by atoms with van der Waals surface area (Å²) in [5.74, 6) is -0.227. The molecule has 0 atom stereocenters. The van der Waals surface area contributed by atoms with Gasteiger partial charge in [0.2, 0.25) is 0 Å². The number of nitriles is 1. The highest BCUT2D eigenvalue weighted by atomic mass is 32.2. The SMILES string of the molecule is CCOc1cc(C#N)ccc1OS(=O)(=O)c1cccc(C(F)(F)F)c1. The van der Waals surface area contributed by atoms with Gasteiger partial charge in [0, 0.05) is 6.07 Å². The number of hydrogen-bond acceptors (Lipinski definition) is 5. The highest BCUT2D eigenvalue weighted by molar-refractivity contribution is 7.87. The number of rotatable bonds is 5. The Morgan fingerprint density at radius 1 is 1.12 bits per heavy atom. The van der Waals surface area contributed by atoms with Crippen LogP contribution in [0.15, 0.2) is 47.4 Å². The minimum absolute atomic E-state index is 0.00268. The van der Waals surface area contributed by atoms with Gasteiger partial charge in [-0.25, -0.2) is 0 Å². The van der Waals surface area contributed by atoms with E-state index in [1.807, 2.05) is 6.07 Å². The Morgan fingerprint density at radius 3 is 2.44 bits per heavy atom. The Hall–Kier alpha value is -2.73. The quantitative estimate of drug-likeness (QED) is 0.749. The van der Waals surface area contributed by atoms with Gasteiger partial charge in [-0.1, -0.05) is 6.07 Å². The first kappa shape index (κ1) is 18.6. The maximum atomic E-state index is 12.7. The van der Waals surface area contributed by atoms with Crippen molar-refractivity contribution in [1.82, 2.24) is 0 Å². The highest BCUT2D eigenvalue weighted by Gasteiger charge is 2.32. The zero-order chi connectivity index (χ0) is 18.7. The largest absolute Gasteiger partial charge is 0.490 e. The second-order valence-corrected chi connectivity index (χ2v) is 6.32. The Morgan fingerprint density at radius 2 is 1.84 bits per heavy atom. The molecule has 0 fully saturated rings. The molecule has 2 aromatic carbocycles. The summed E-state index contributed by atoms with van der Waals surface area (Å²) in [7, 11) is -4.52. The van der Waals surface area contributed by atoms with E-state index in [0.717, 1.165) is 18.2 Å². The molecular weight excluding hydrogens is 359 g/mol. The van der Waals surface area contributed by atoms with E-state index in [9.17, 15) is 21.6 Å². The maximum absolute atomic E-state index is 12.7. The van der Waals surface area contributed by atoms with Gasteiger partial charge in [-0.05, 0) is 37.3 Å². The maximum Gasteiger partial charge on any atom is 0.416 e. The van der Waals surface area contributed by atoms with E-state index in [4.69, 9.17) is 14.2 Å². The molecule has 0 aromatic heterocycles. The van der Waals surface area contributed by atoms with Crippen LogP contribution in [0.3, 0.4) is 0 Å². The second kappa shape index (κ2) is 7.03. The van der Waals surface area contributed by atoms with Gasteiger partial charge in [0.15, 0.2) is 11.5 Å². The van der Waals surface area contributed by atoms with Crippen molar-refractivity contribution in [3.8, 4) is 17.6 Å². The third-order valence-electron chi connectivity index (χ3n) is 3.02.